The Balaban J connectivity index is 1.26. The number of ether oxygens (including phenoxy) is 1. The van der Waals surface area contributed by atoms with Crippen molar-refractivity contribution in [3.8, 4) is 11.3 Å². The van der Waals surface area contributed by atoms with Crippen LogP contribution in [0.25, 0.3) is 22.3 Å². The van der Waals surface area contributed by atoms with Gasteiger partial charge in [0.15, 0.2) is 5.65 Å². The van der Waals surface area contributed by atoms with Gasteiger partial charge in [0.1, 0.15) is 5.69 Å². The summed E-state index contributed by atoms with van der Waals surface area (Å²) in [7, 11) is 0. The van der Waals surface area contributed by atoms with E-state index in [-0.39, 0.29) is 0 Å². The van der Waals surface area contributed by atoms with Crippen LogP contribution >= 0.6 is 11.6 Å². The van der Waals surface area contributed by atoms with E-state index in [1.807, 2.05) is 48.7 Å². The van der Waals surface area contributed by atoms with E-state index in [4.69, 9.17) is 16.3 Å². The van der Waals surface area contributed by atoms with Crippen molar-refractivity contribution in [2.75, 3.05) is 50.0 Å². The molecule has 0 aliphatic carbocycles. The molecule has 0 radical (unpaired) electrons. The molecular weight excluding hydrogens is 438 g/mol. The number of benzene rings is 2. The van der Waals surface area contributed by atoms with Gasteiger partial charge in [0.25, 0.3) is 0 Å². The molecule has 0 bridgehead atoms. The number of rotatable bonds is 8. The highest BCUT2D eigenvalue weighted by atomic mass is 35.5. The number of morpholine rings is 1. The first-order valence-corrected chi connectivity index (χ1v) is 11.5. The van der Waals surface area contributed by atoms with Crippen LogP contribution < -0.4 is 10.6 Å². The predicted molar refractivity (Wildman–Crippen MR) is 132 cm³/mol. The number of aromatic amines is 1. The van der Waals surface area contributed by atoms with Crippen LogP contribution in [-0.2, 0) is 11.3 Å². The molecule has 0 amide bonds. The summed E-state index contributed by atoms with van der Waals surface area (Å²) in [4.78, 5) is 11.5. The molecule has 3 heterocycles. The third kappa shape index (κ3) is 5.24. The maximum absolute atomic E-state index is 6.27. The summed E-state index contributed by atoms with van der Waals surface area (Å²) < 4.78 is 5.39. The smallest absolute Gasteiger partial charge is 0.224 e. The lowest BCUT2D eigenvalue weighted by atomic mass is 10.1. The highest BCUT2D eigenvalue weighted by Crippen LogP contribution is 2.28. The lowest BCUT2D eigenvalue weighted by Crippen LogP contribution is -2.39. The van der Waals surface area contributed by atoms with E-state index in [1.54, 1.807) is 0 Å². The van der Waals surface area contributed by atoms with E-state index in [2.05, 4.69) is 41.8 Å². The number of hydrogen-bond acceptors (Lipinski definition) is 7. The number of nitrogens with one attached hydrogen (secondary N) is 3. The molecule has 33 heavy (non-hydrogen) atoms. The van der Waals surface area contributed by atoms with Crippen LogP contribution in [0.4, 0.5) is 11.6 Å². The molecule has 2 aromatic carbocycles. The normalized spacial score (nSPS) is 14.5. The van der Waals surface area contributed by atoms with E-state index < -0.39 is 0 Å². The molecule has 3 N–H and O–H groups in total. The van der Waals surface area contributed by atoms with Crippen molar-refractivity contribution in [2.45, 2.75) is 6.54 Å². The monoisotopic (exact) mass is 463 g/mol. The molecule has 1 aliphatic rings. The van der Waals surface area contributed by atoms with Crippen LogP contribution in [-0.4, -0.2) is 64.5 Å². The van der Waals surface area contributed by atoms with Crippen LogP contribution in [0.2, 0.25) is 5.02 Å². The van der Waals surface area contributed by atoms with Crippen molar-refractivity contribution in [3.63, 3.8) is 0 Å². The van der Waals surface area contributed by atoms with Crippen LogP contribution in [0.15, 0.2) is 54.7 Å². The van der Waals surface area contributed by atoms with Gasteiger partial charge in [-0.25, -0.2) is 4.98 Å². The van der Waals surface area contributed by atoms with Gasteiger partial charge in [-0.15, -0.1) is 0 Å². The van der Waals surface area contributed by atoms with Gasteiger partial charge in [-0.3, -0.25) is 10.00 Å². The molecule has 1 saturated heterocycles. The number of H-pyrrole nitrogens is 1. The zero-order valence-electron chi connectivity index (χ0n) is 18.2. The molecule has 0 unspecified atom stereocenters. The number of anilines is 2. The van der Waals surface area contributed by atoms with Crippen molar-refractivity contribution in [3.05, 3.63) is 65.3 Å². The number of aromatic nitrogens is 4. The Morgan fingerprint density at radius 2 is 1.94 bits per heavy atom. The van der Waals surface area contributed by atoms with Gasteiger partial charge >= 0.3 is 0 Å². The number of hydrogen-bond donors (Lipinski definition) is 3. The molecule has 1 aliphatic heterocycles. The van der Waals surface area contributed by atoms with E-state index in [0.717, 1.165) is 72.3 Å². The molecule has 0 spiro atoms. The van der Waals surface area contributed by atoms with Crippen molar-refractivity contribution >= 4 is 34.3 Å². The summed E-state index contributed by atoms with van der Waals surface area (Å²) in [6, 6.07) is 16.0. The zero-order valence-corrected chi connectivity index (χ0v) is 19.0. The third-order valence-electron chi connectivity index (χ3n) is 5.71. The minimum Gasteiger partial charge on any atom is -0.381 e. The van der Waals surface area contributed by atoms with Gasteiger partial charge in [-0.2, -0.15) is 10.1 Å². The summed E-state index contributed by atoms with van der Waals surface area (Å²) in [6.07, 6.45) is 1.82. The van der Waals surface area contributed by atoms with Crippen LogP contribution in [0.3, 0.4) is 0 Å². The second kappa shape index (κ2) is 10.2. The van der Waals surface area contributed by atoms with Crippen LogP contribution in [0.1, 0.15) is 5.56 Å². The Kier molecular flexibility index (Phi) is 6.66. The molecule has 5 rings (SSSR count). The van der Waals surface area contributed by atoms with Gasteiger partial charge < -0.3 is 15.4 Å². The summed E-state index contributed by atoms with van der Waals surface area (Å²) in [5.41, 5.74) is 4.57. The molecule has 170 valence electrons. The first kappa shape index (κ1) is 21.6. The quantitative estimate of drug-likeness (QED) is 0.363. The lowest BCUT2D eigenvalue weighted by Gasteiger charge is -2.26. The molecule has 0 atom stereocenters. The summed E-state index contributed by atoms with van der Waals surface area (Å²) in [5.74, 6) is 0.598. The second-order valence-corrected chi connectivity index (χ2v) is 8.34. The molecule has 9 heteroatoms. The average Bonchev–Trinajstić information content (AvgIpc) is 3.28. The standard InChI is InChI=1S/C24H26ClN7O/c25-21-7-2-1-4-18(21)15-27-19-6-3-5-17(14-19)22-20-16-28-24(29-23(20)31-30-22)26-8-9-32-10-12-33-13-11-32/h1-7,14,16,27H,8-13,15H2,(H2,26,28,29,30,31). The van der Waals surface area contributed by atoms with E-state index >= 15 is 0 Å². The van der Waals surface area contributed by atoms with Gasteiger partial charge in [0.2, 0.25) is 5.95 Å². The van der Waals surface area contributed by atoms with Gasteiger partial charge in [0, 0.05) is 55.2 Å². The van der Waals surface area contributed by atoms with E-state index in [1.165, 1.54) is 0 Å². The maximum Gasteiger partial charge on any atom is 0.224 e. The predicted octanol–water partition coefficient (Wildman–Crippen LogP) is 4.03. The maximum atomic E-state index is 6.27. The van der Waals surface area contributed by atoms with Crippen LogP contribution in [0, 0.1) is 0 Å². The largest absolute Gasteiger partial charge is 0.381 e. The fourth-order valence-electron chi connectivity index (χ4n) is 3.88. The molecule has 8 nitrogen and oxygen atoms in total. The van der Waals surface area contributed by atoms with E-state index in [0.29, 0.717) is 18.1 Å². The summed E-state index contributed by atoms with van der Waals surface area (Å²) in [6.45, 7) is 5.91. The Morgan fingerprint density at radius 3 is 2.82 bits per heavy atom. The van der Waals surface area contributed by atoms with Crippen molar-refractivity contribution in [1.82, 2.24) is 25.1 Å². The topological polar surface area (TPSA) is 91.0 Å². The van der Waals surface area contributed by atoms with Gasteiger partial charge in [-0.05, 0) is 23.8 Å². The molecule has 1 fully saturated rings. The average molecular weight is 464 g/mol. The third-order valence-corrected chi connectivity index (χ3v) is 6.08. The highest BCUT2D eigenvalue weighted by molar-refractivity contribution is 6.31. The number of halogens is 1. The van der Waals surface area contributed by atoms with Gasteiger partial charge in [0.05, 0.1) is 18.6 Å². The lowest BCUT2D eigenvalue weighted by molar-refractivity contribution is 0.0398. The second-order valence-electron chi connectivity index (χ2n) is 7.93. The molecule has 0 saturated carbocycles. The first-order valence-electron chi connectivity index (χ1n) is 11.1. The van der Waals surface area contributed by atoms with Crippen molar-refractivity contribution in [1.29, 1.82) is 0 Å². The van der Waals surface area contributed by atoms with Crippen LogP contribution in [0.5, 0.6) is 0 Å². The fraction of sp³-hybridized carbons (Fsp3) is 0.292. The van der Waals surface area contributed by atoms with Crippen molar-refractivity contribution < 1.29 is 4.74 Å². The summed E-state index contributed by atoms with van der Waals surface area (Å²) in [5, 5.41) is 15.9. The first-order chi connectivity index (χ1) is 16.3. The Morgan fingerprint density at radius 1 is 1.06 bits per heavy atom. The fourth-order valence-corrected chi connectivity index (χ4v) is 4.08. The molecule has 4 aromatic rings. The SMILES string of the molecule is Clc1ccccc1CNc1cccc(-c2n[nH]c3nc(NCCN4CCOCC4)ncc23)c1. The Bertz CT molecular complexity index is 1220. The van der Waals surface area contributed by atoms with E-state index in [9.17, 15) is 0 Å². The number of nitrogens with zero attached hydrogens (tertiary/aromatic N) is 4. The number of fused-ring (bicyclic) bond motifs is 1. The van der Waals surface area contributed by atoms with Gasteiger partial charge in [-0.1, -0.05) is 41.9 Å². The Labute approximate surface area is 197 Å². The zero-order chi connectivity index (χ0) is 22.5. The minimum atomic E-state index is 0.598. The molecular formula is C24H26ClN7O. The Hall–Kier alpha value is -3.20. The minimum absolute atomic E-state index is 0.598. The molecule has 2 aromatic heterocycles. The summed E-state index contributed by atoms with van der Waals surface area (Å²) >= 11 is 6.27. The van der Waals surface area contributed by atoms with Crippen molar-refractivity contribution in [2.24, 2.45) is 0 Å². The highest BCUT2D eigenvalue weighted by Gasteiger charge is 2.13.